The summed E-state index contributed by atoms with van der Waals surface area (Å²) in [6, 6.07) is 6.10. The summed E-state index contributed by atoms with van der Waals surface area (Å²) in [6.45, 7) is 1.70. The van der Waals surface area contributed by atoms with Gasteiger partial charge in [0, 0.05) is 18.1 Å². The summed E-state index contributed by atoms with van der Waals surface area (Å²) < 4.78 is 63.8. The topological polar surface area (TPSA) is 24.9 Å². The first-order valence-electron chi connectivity index (χ1n) is 5.96. The largest absolute Gasteiger partial charge is 0.378 e. The van der Waals surface area contributed by atoms with Crippen LogP contribution in [0.1, 0.15) is 18.5 Å². The molecule has 2 nitrogen and oxygen atoms in total. The van der Waals surface area contributed by atoms with Crippen LogP contribution < -0.4 is 5.32 Å². The second-order valence-electron chi connectivity index (χ2n) is 4.65. The molecule has 0 bridgehead atoms. The van der Waals surface area contributed by atoms with Crippen molar-refractivity contribution in [3.05, 3.63) is 54.4 Å². The molecular weight excluding hydrogens is 311 g/mol. The minimum Gasteiger partial charge on any atom is -0.378 e. The highest BCUT2D eigenvalue weighted by Gasteiger charge is 2.65. The minimum absolute atomic E-state index is 0.0305. The molecule has 1 aromatic heterocycles. The van der Waals surface area contributed by atoms with Gasteiger partial charge in [0.1, 0.15) is 4.90 Å². The van der Waals surface area contributed by atoms with E-state index in [1.54, 1.807) is 31.5 Å². The molecule has 0 fully saturated rings. The van der Waals surface area contributed by atoms with Crippen molar-refractivity contribution in [3.8, 4) is 0 Å². The third kappa shape index (κ3) is 4.07. The van der Waals surface area contributed by atoms with Crippen LogP contribution in [0.4, 0.5) is 25.1 Å². The fraction of sp³-hybridized carbons (Fsp3) is 0.154. The number of anilines is 1. The number of aromatic nitrogens is 1. The number of nitrogens with zero attached hydrogens (tertiary/aromatic N) is 1. The molecule has 0 saturated heterocycles. The monoisotopic (exact) mass is 324 g/mol. The maximum atomic E-state index is 12.8. The van der Waals surface area contributed by atoms with Gasteiger partial charge in [-0.25, -0.2) is 0 Å². The molecule has 1 N–H and O–H groups in total. The summed E-state index contributed by atoms with van der Waals surface area (Å²) in [6.07, 6.45) is 3.11. The Kier molecular flexibility index (Phi) is 3.21. The maximum Gasteiger partial charge on any atom is 0.310 e. The lowest BCUT2D eigenvalue weighted by Gasteiger charge is -2.40. The minimum atomic E-state index is -9.66. The van der Waals surface area contributed by atoms with Gasteiger partial charge < -0.3 is 5.32 Å². The normalized spacial score (nSPS) is 16.7. The Morgan fingerprint density at radius 1 is 1.05 bits per heavy atom. The first-order chi connectivity index (χ1) is 9.45. The van der Waals surface area contributed by atoms with Gasteiger partial charge >= 0.3 is 10.2 Å². The maximum absolute atomic E-state index is 12.8. The highest BCUT2D eigenvalue weighted by atomic mass is 32.5. The van der Waals surface area contributed by atoms with E-state index in [9.17, 15) is 19.4 Å². The molecule has 0 saturated carbocycles. The lowest BCUT2D eigenvalue weighted by atomic mass is 10.1. The number of hydrogen-bond donors (Lipinski definition) is 1. The summed E-state index contributed by atoms with van der Waals surface area (Å²) in [4.78, 5) is 1.99. The van der Waals surface area contributed by atoms with Gasteiger partial charge in [-0.15, -0.1) is 0 Å². The van der Waals surface area contributed by atoms with Crippen LogP contribution in [0.2, 0.25) is 0 Å². The molecule has 8 heteroatoms. The zero-order valence-corrected chi connectivity index (χ0v) is 11.8. The second-order valence-corrected chi connectivity index (χ2v) is 7.06. The summed E-state index contributed by atoms with van der Waals surface area (Å²) in [5, 5.41) is 2.75. The molecule has 0 spiro atoms. The predicted molar refractivity (Wildman–Crippen MR) is 74.1 cm³/mol. The van der Waals surface area contributed by atoms with Crippen LogP contribution in [0.5, 0.6) is 0 Å². The number of rotatable bonds is 4. The molecule has 1 aromatic carbocycles. The van der Waals surface area contributed by atoms with Gasteiger partial charge in [-0.3, -0.25) is 4.98 Å². The fourth-order valence-electron chi connectivity index (χ4n) is 1.79. The van der Waals surface area contributed by atoms with Crippen LogP contribution in [-0.2, 0) is 0 Å². The van der Waals surface area contributed by atoms with Crippen molar-refractivity contribution in [3.63, 3.8) is 0 Å². The lowest BCUT2D eigenvalue weighted by Crippen LogP contribution is -2.09. The first kappa shape index (κ1) is 15.6. The summed E-state index contributed by atoms with van der Waals surface area (Å²) >= 11 is 0. The fourth-order valence-corrected chi connectivity index (χ4v) is 2.48. The van der Waals surface area contributed by atoms with E-state index < -0.39 is 15.1 Å². The third-order valence-corrected chi connectivity index (χ3v) is 3.99. The van der Waals surface area contributed by atoms with E-state index in [2.05, 4.69) is 10.3 Å². The zero-order valence-electron chi connectivity index (χ0n) is 10.9. The molecule has 2 aromatic rings. The van der Waals surface area contributed by atoms with Crippen molar-refractivity contribution in [2.45, 2.75) is 17.9 Å². The van der Waals surface area contributed by atoms with Crippen LogP contribution in [0.15, 0.2) is 53.7 Å². The highest BCUT2D eigenvalue weighted by Crippen LogP contribution is 3.02. The zero-order chi connectivity index (χ0) is 15.8. The van der Waals surface area contributed by atoms with Gasteiger partial charge in [-0.1, -0.05) is 31.6 Å². The van der Waals surface area contributed by atoms with Gasteiger partial charge in [0.25, 0.3) is 0 Å². The number of benzene rings is 1. The number of halogens is 5. The molecule has 2 rings (SSSR count). The van der Waals surface area contributed by atoms with E-state index in [1.165, 1.54) is 6.07 Å². The Labute approximate surface area is 118 Å². The molecule has 0 radical (unpaired) electrons. The molecule has 0 aliphatic rings. The second kappa shape index (κ2) is 4.33. The highest BCUT2D eigenvalue weighted by molar-refractivity contribution is 8.45. The average molecular weight is 324 g/mol. The van der Waals surface area contributed by atoms with E-state index >= 15 is 0 Å². The quantitative estimate of drug-likeness (QED) is 0.707. The molecular formula is C13H13F5N2S. The molecule has 1 unspecified atom stereocenters. The summed E-state index contributed by atoms with van der Waals surface area (Å²) in [5.41, 5.74) is 0.701. The molecule has 1 heterocycles. The van der Waals surface area contributed by atoms with Gasteiger partial charge in [0.2, 0.25) is 0 Å². The molecule has 0 amide bonds. The van der Waals surface area contributed by atoms with E-state index in [0.29, 0.717) is 12.1 Å². The molecule has 0 aliphatic heterocycles. The Hall–Kier alpha value is -1.83. The van der Waals surface area contributed by atoms with Crippen molar-refractivity contribution >= 4 is 15.9 Å². The summed E-state index contributed by atoms with van der Waals surface area (Å²) in [7, 11) is -9.66. The standard InChI is InChI=1S/C13H13F5N2S/c1-10(11-4-3-7-19-9-11)20-12-5-2-6-13(8-12)21(14,15,16,17)18/h2-10,20H,1H3. The van der Waals surface area contributed by atoms with Crippen molar-refractivity contribution in [1.82, 2.24) is 4.98 Å². The number of pyridine rings is 1. The van der Waals surface area contributed by atoms with Crippen LogP contribution in [-0.4, -0.2) is 4.98 Å². The van der Waals surface area contributed by atoms with Crippen LogP contribution in [0.25, 0.3) is 0 Å². The van der Waals surface area contributed by atoms with E-state index in [0.717, 1.165) is 11.6 Å². The van der Waals surface area contributed by atoms with Crippen LogP contribution in [0.3, 0.4) is 0 Å². The Balaban J connectivity index is 2.28. The Morgan fingerprint density at radius 3 is 2.33 bits per heavy atom. The van der Waals surface area contributed by atoms with Crippen molar-refractivity contribution in [2.24, 2.45) is 0 Å². The molecule has 116 valence electrons. The van der Waals surface area contributed by atoms with Crippen molar-refractivity contribution in [1.29, 1.82) is 0 Å². The molecule has 21 heavy (non-hydrogen) atoms. The van der Waals surface area contributed by atoms with E-state index in [1.807, 2.05) is 0 Å². The lowest BCUT2D eigenvalue weighted by molar-refractivity contribution is 0.364. The van der Waals surface area contributed by atoms with Crippen molar-refractivity contribution in [2.75, 3.05) is 5.32 Å². The SMILES string of the molecule is CC(Nc1cccc(S(F)(F)(F)(F)F)c1)c1cccnc1. The summed E-state index contributed by atoms with van der Waals surface area (Å²) in [5.74, 6) is 0. The van der Waals surface area contributed by atoms with Crippen LogP contribution in [0, 0.1) is 0 Å². The third-order valence-electron chi connectivity index (χ3n) is 2.85. The van der Waals surface area contributed by atoms with Gasteiger partial charge in [0.05, 0.1) is 6.04 Å². The Morgan fingerprint density at radius 2 is 1.76 bits per heavy atom. The molecule has 0 aliphatic carbocycles. The smallest absolute Gasteiger partial charge is 0.310 e. The van der Waals surface area contributed by atoms with E-state index in [-0.39, 0.29) is 11.7 Å². The number of hydrogen-bond acceptors (Lipinski definition) is 2. The van der Waals surface area contributed by atoms with E-state index in [4.69, 9.17) is 0 Å². The first-order valence-corrected chi connectivity index (χ1v) is 7.91. The van der Waals surface area contributed by atoms with Gasteiger partial charge in [-0.05, 0) is 36.8 Å². The van der Waals surface area contributed by atoms with Crippen molar-refractivity contribution < 1.29 is 19.4 Å². The van der Waals surface area contributed by atoms with Gasteiger partial charge in [0.15, 0.2) is 0 Å². The van der Waals surface area contributed by atoms with Crippen LogP contribution >= 0.6 is 10.2 Å². The predicted octanol–water partition coefficient (Wildman–Crippen LogP) is 5.91. The average Bonchev–Trinajstić information content (AvgIpc) is 2.37. The Bertz CT molecular complexity index is 642. The molecule has 1 atom stereocenters. The van der Waals surface area contributed by atoms with Gasteiger partial charge in [-0.2, -0.15) is 0 Å². The number of nitrogens with one attached hydrogen (secondary N) is 1.